The lowest BCUT2D eigenvalue weighted by Crippen LogP contribution is -2.49. The number of rotatable bonds is 3. The summed E-state index contributed by atoms with van der Waals surface area (Å²) in [5, 5.41) is 3.47. The summed E-state index contributed by atoms with van der Waals surface area (Å²) in [7, 11) is 0. The maximum Gasteiger partial charge on any atom is 0.226 e. The normalized spacial score (nSPS) is 38.5. The van der Waals surface area contributed by atoms with Gasteiger partial charge < -0.3 is 10.2 Å². The lowest BCUT2D eigenvalue weighted by molar-refractivity contribution is -0.140. The molecule has 3 heteroatoms. The molecule has 0 aromatic heterocycles. The zero-order chi connectivity index (χ0) is 14.1. The summed E-state index contributed by atoms with van der Waals surface area (Å²) < 4.78 is 0. The average molecular weight is 278 g/mol. The molecule has 1 aliphatic heterocycles. The fourth-order valence-electron chi connectivity index (χ4n) is 4.10. The third-order valence-electron chi connectivity index (χ3n) is 5.55. The van der Waals surface area contributed by atoms with E-state index in [1.165, 1.54) is 38.5 Å². The lowest BCUT2D eigenvalue weighted by Gasteiger charge is -2.39. The SMILES string of the molecule is CC1CCC(N(C(=O)[C@H]2CCN[C@@H](C)C2)C2CC2)CC1. The van der Waals surface area contributed by atoms with Crippen molar-refractivity contribution in [2.75, 3.05) is 6.54 Å². The molecule has 3 fully saturated rings. The summed E-state index contributed by atoms with van der Waals surface area (Å²) in [4.78, 5) is 15.3. The summed E-state index contributed by atoms with van der Waals surface area (Å²) in [6.07, 6.45) is 9.67. The molecule has 1 saturated heterocycles. The standard InChI is InChI=1S/C17H30N2O/c1-12-3-5-15(6-4-12)19(16-7-8-16)17(20)14-9-10-18-13(2)11-14/h12-16,18H,3-11H2,1-2H3/t12?,13-,14-,15?/m0/s1. The highest BCUT2D eigenvalue weighted by Crippen LogP contribution is 2.37. The minimum Gasteiger partial charge on any atom is -0.336 e. The molecule has 2 atom stereocenters. The monoisotopic (exact) mass is 278 g/mol. The van der Waals surface area contributed by atoms with Crippen molar-refractivity contribution in [3.8, 4) is 0 Å². The molecule has 0 radical (unpaired) electrons. The fraction of sp³-hybridized carbons (Fsp3) is 0.941. The van der Waals surface area contributed by atoms with E-state index in [4.69, 9.17) is 0 Å². The molecule has 2 aliphatic carbocycles. The molecular formula is C17H30N2O. The summed E-state index contributed by atoms with van der Waals surface area (Å²) in [6, 6.07) is 1.65. The molecule has 1 heterocycles. The van der Waals surface area contributed by atoms with E-state index < -0.39 is 0 Å². The Balaban J connectivity index is 1.65. The van der Waals surface area contributed by atoms with Crippen LogP contribution in [0.3, 0.4) is 0 Å². The van der Waals surface area contributed by atoms with Crippen LogP contribution >= 0.6 is 0 Å². The Morgan fingerprint density at radius 1 is 0.950 bits per heavy atom. The maximum absolute atomic E-state index is 13.0. The van der Waals surface area contributed by atoms with E-state index >= 15 is 0 Å². The van der Waals surface area contributed by atoms with Gasteiger partial charge in [0.1, 0.15) is 0 Å². The lowest BCUT2D eigenvalue weighted by atomic mass is 9.85. The van der Waals surface area contributed by atoms with Crippen LogP contribution in [0, 0.1) is 11.8 Å². The van der Waals surface area contributed by atoms with Gasteiger partial charge in [-0.15, -0.1) is 0 Å². The Kier molecular flexibility index (Phi) is 4.34. The van der Waals surface area contributed by atoms with Crippen molar-refractivity contribution in [1.82, 2.24) is 10.2 Å². The van der Waals surface area contributed by atoms with Crippen molar-refractivity contribution in [2.45, 2.75) is 83.3 Å². The van der Waals surface area contributed by atoms with Crippen LogP contribution in [0.25, 0.3) is 0 Å². The summed E-state index contributed by atoms with van der Waals surface area (Å²) in [6.45, 7) is 5.58. The molecule has 20 heavy (non-hydrogen) atoms. The van der Waals surface area contributed by atoms with Crippen molar-refractivity contribution in [3.05, 3.63) is 0 Å². The first kappa shape index (κ1) is 14.4. The van der Waals surface area contributed by atoms with E-state index in [2.05, 4.69) is 24.1 Å². The number of nitrogens with zero attached hydrogens (tertiary/aromatic N) is 1. The van der Waals surface area contributed by atoms with Gasteiger partial charge in [0, 0.05) is 24.0 Å². The number of carbonyl (C=O) groups excluding carboxylic acids is 1. The van der Waals surface area contributed by atoms with Gasteiger partial charge in [-0.05, 0) is 70.8 Å². The van der Waals surface area contributed by atoms with E-state index in [-0.39, 0.29) is 5.92 Å². The van der Waals surface area contributed by atoms with E-state index in [9.17, 15) is 4.79 Å². The molecule has 0 bridgehead atoms. The molecule has 1 amide bonds. The molecule has 1 N–H and O–H groups in total. The van der Waals surface area contributed by atoms with Crippen molar-refractivity contribution in [2.24, 2.45) is 11.8 Å². The predicted octanol–water partition coefficient (Wildman–Crippen LogP) is 2.94. The van der Waals surface area contributed by atoms with Crippen molar-refractivity contribution in [1.29, 1.82) is 0 Å². The molecular weight excluding hydrogens is 248 g/mol. The van der Waals surface area contributed by atoms with Gasteiger partial charge in [-0.25, -0.2) is 0 Å². The van der Waals surface area contributed by atoms with Crippen LogP contribution in [0.4, 0.5) is 0 Å². The van der Waals surface area contributed by atoms with E-state index in [1.807, 2.05) is 0 Å². The topological polar surface area (TPSA) is 32.3 Å². The third-order valence-corrected chi connectivity index (χ3v) is 5.55. The van der Waals surface area contributed by atoms with Crippen molar-refractivity contribution < 1.29 is 4.79 Å². The van der Waals surface area contributed by atoms with Crippen LogP contribution in [0.5, 0.6) is 0 Å². The molecule has 0 spiro atoms. The molecule has 2 saturated carbocycles. The van der Waals surface area contributed by atoms with Gasteiger partial charge in [0.25, 0.3) is 0 Å². The van der Waals surface area contributed by atoms with Crippen LogP contribution in [0.15, 0.2) is 0 Å². The molecule has 0 unspecified atom stereocenters. The summed E-state index contributed by atoms with van der Waals surface area (Å²) in [5.41, 5.74) is 0. The zero-order valence-electron chi connectivity index (χ0n) is 13.1. The van der Waals surface area contributed by atoms with Gasteiger partial charge >= 0.3 is 0 Å². The molecule has 3 aliphatic rings. The number of nitrogens with one attached hydrogen (secondary N) is 1. The second kappa shape index (κ2) is 6.05. The zero-order valence-corrected chi connectivity index (χ0v) is 13.1. The average Bonchev–Trinajstić information content (AvgIpc) is 3.26. The molecule has 3 rings (SSSR count). The van der Waals surface area contributed by atoms with Crippen LogP contribution < -0.4 is 5.32 Å². The molecule has 3 nitrogen and oxygen atoms in total. The maximum atomic E-state index is 13.0. The number of hydrogen-bond donors (Lipinski definition) is 1. The Morgan fingerprint density at radius 2 is 1.55 bits per heavy atom. The minimum atomic E-state index is 0.284. The van der Waals surface area contributed by atoms with Gasteiger partial charge in [-0.1, -0.05) is 6.92 Å². The highest BCUT2D eigenvalue weighted by Gasteiger charge is 2.41. The highest BCUT2D eigenvalue weighted by atomic mass is 16.2. The third kappa shape index (κ3) is 3.19. The largest absolute Gasteiger partial charge is 0.336 e. The number of hydrogen-bond acceptors (Lipinski definition) is 2. The second-order valence-corrected chi connectivity index (χ2v) is 7.47. The first-order valence-electron chi connectivity index (χ1n) is 8.70. The van der Waals surface area contributed by atoms with E-state index in [0.717, 1.165) is 25.3 Å². The Morgan fingerprint density at radius 3 is 2.10 bits per heavy atom. The van der Waals surface area contributed by atoms with Gasteiger partial charge in [0.2, 0.25) is 5.91 Å². The van der Waals surface area contributed by atoms with Crippen molar-refractivity contribution in [3.63, 3.8) is 0 Å². The Bertz CT molecular complexity index is 345. The first-order valence-corrected chi connectivity index (χ1v) is 8.70. The second-order valence-electron chi connectivity index (χ2n) is 7.47. The highest BCUT2D eigenvalue weighted by molar-refractivity contribution is 5.80. The summed E-state index contributed by atoms with van der Waals surface area (Å²) >= 11 is 0. The Hall–Kier alpha value is -0.570. The first-order chi connectivity index (χ1) is 9.65. The number of amides is 1. The molecule has 0 aromatic carbocycles. The van der Waals surface area contributed by atoms with E-state index in [1.54, 1.807) is 0 Å². The smallest absolute Gasteiger partial charge is 0.226 e. The van der Waals surface area contributed by atoms with Gasteiger partial charge in [0.15, 0.2) is 0 Å². The van der Waals surface area contributed by atoms with Crippen LogP contribution in [0.1, 0.15) is 65.2 Å². The Labute approximate surface area is 123 Å². The fourth-order valence-corrected chi connectivity index (χ4v) is 4.10. The van der Waals surface area contributed by atoms with Gasteiger partial charge in [0.05, 0.1) is 0 Å². The van der Waals surface area contributed by atoms with Crippen LogP contribution in [-0.2, 0) is 4.79 Å². The minimum absolute atomic E-state index is 0.284. The quantitative estimate of drug-likeness (QED) is 0.861. The predicted molar refractivity (Wildman–Crippen MR) is 81.5 cm³/mol. The van der Waals surface area contributed by atoms with Crippen LogP contribution in [0.2, 0.25) is 0 Å². The molecule has 0 aromatic rings. The number of carbonyl (C=O) groups is 1. The van der Waals surface area contributed by atoms with Gasteiger partial charge in [-0.2, -0.15) is 0 Å². The van der Waals surface area contributed by atoms with E-state index in [0.29, 0.717) is 24.0 Å². The van der Waals surface area contributed by atoms with Gasteiger partial charge in [-0.3, -0.25) is 4.79 Å². The summed E-state index contributed by atoms with van der Waals surface area (Å²) in [5.74, 6) is 1.63. The molecule has 114 valence electrons. The van der Waals surface area contributed by atoms with Crippen LogP contribution in [-0.4, -0.2) is 35.5 Å². The number of piperidine rings is 1. The van der Waals surface area contributed by atoms with Crippen molar-refractivity contribution >= 4 is 5.91 Å².